The molecule has 6 atom stereocenters. The number of allylic oxidation sites excluding steroid dienone is 2. The number of fused-ring (bicyclic) bond motifs is 2. The molecule has 2 nitrogen and oxygen atoms in total. The Kier molecular flexibility index (Phi) is 2.95. The van der Waals surface area contributed by atoms with Crippen molar-refractivity contribution < 1.29 is 9.90 Å². The fourth-order valence-electron chi connectivity index (χ4n) is 7.45. The Balaban J connectivity index is 1.72. The number of hydrogen-bond acceptors (Lipinski definition) is 1. The molecule has 0 aromatic carbocycles. The van der Waals surface area contributed by atoms with Crippen LogP contribution in [-0.4, -0.2) is 11.1 Å². The van der Waals surface area contributed by atoms with Crippen LogP contribution in [-0.2, 0) is 4.79 Å². The van der Waals surface area contributed by atoms with Crippen LogP contribution in [0.5, 0.6) is 0 Å². The van der Waals surface area contributed by atoms with Crippen molar-refractivity contribution in [1.82, 2.24) is 0 Å². The molecule has 0 saturated heterocycles. The van der Waals surface area contributed by atoms with Gasteiger partial charge in [-0.25, -0.2) is 0 Å². The van der Waals surface area contributed by atoms with Crippen LogP contribution in [0.4, 0.5) is 0 Å². The Labute approximate surface area is 134 Å². The highest BCUT2D eigenvalue weighted by atomic mass is 16.4. The highest BCUT2D eigenvalue weighted by Crippen LogP contribution is 2.71. The van der Waals surface area contributed by atoms with Crippen molar-refractivity contribution >= 4 is 5.97 Å². The van der Waals surface area contributed by atoms with Crippen LogP contribution in [0.25, 0.3) is 0 Å². The van der Waals surface area contributed by atoms with Crippen LogP contribution in [0, 0.1) is 39.9 Å². The van der Waals surface area contributed by atoms with Crippen LogP contribution in [0.3, 0.4) is 0 Å². The Morgan fingerprint density at radius 2 is 1.82 bits per heavy atom. The lowest BCUT2D eigenvalue weighted by Crippen LogP contribution is -2.62. The predicted molar refractivity (Wildman–Crippen MR) is 87.4 cm³/mol. The molecule has 0 radical (unpaired) electrons. The normalized spacial score (nSPS) is 52.0. The Hall–Kier alpha value is -0.790. The first-order valence-corrected chi connectivity index (χ1v) is 9.23. The summed E-state index contributed by atoms with van der Waals surface area (Å²) in [5, 5.41) is 9.59. The number of rotatable bonds is 1. The molecule has 4 aliphatic rings. The topological polar surface area (TPSA) is 37.3 Å². The van der Waals surface area contributed by atoms with Crippen molar-refractivity contribution in [2.45, 2.75) is 65.7 Å². The van der Waals surface area contributed by atoms with Gasteiger partial charge in [-0.05, 0) is 72.5 Å². The van der Waals surface area contributed by atoms with Crippen LogP contribution in [0.2, 0.25) is 0 Å². The molecule has 1 N–H and O–H groups in total. The molecule has 0 aromatic heterocycles. The largest absolute Gasteiger partial charge is 0.481 e. The lowest BCUT2D eigenvalue weighted by atomic mass is 9.36. The van der Waals surface area contributed by atoms with Gasteiger partial charge in [-0.15, -0.1) is 0 Å². The second-order valence-electron chi connectivity index (χ2n) is 9.51. The molecule has 0 unspecified atom stereocenters. The van der Waals surface area contributed by atoms with Gasteiger partial charge in [0.05, 0.1) is 5.92 Å². The summed E-state index contributed by atoms with van der Waals surface area (Å²) in [7, 11) is 0. The first kappa shape index (κ1) is 14.8. The second-order valence-corrected chi connectivity index (χ2v) is 9.51. The van der Waals surface area contributed by atoms with Gasteiger partial charge in [-0.2, -0.15) is 0 Å². The average Bonchev–Trinajstić information content (AvgIpc) is 2.40. The summed E-state index contributed by atoms with van der Waals surface area (Å²) in [6.45, 7) is 7.50. The van der Waals surface area contributed by atoms with E-state index in [2.05, 4.69) is 32.9 Å². The summed E-state index contributed by atoms with van der Waals surface area (Å²) in [5.74, 6) is 1.15. The van der Waals surface area contributed by atoms with E-state index in [0.29, 0.717) is 22.7 Å². The molecule has 22 heavy (non-hydrogen) atoms. The van der Waals surface area contributed by atoms with Crippen molar-refractivity contribution in [3.05, 3.63) is 12.2 Å². The maximum absolute atomic E-state index is 11.6. The quantitative estimate of drug-likeness (QED) is 0.700. The molecule has 3 saturated carbocycles. The third-order valence-corrected chi connectivity index (χ3v) is 8.34. The first-order valence-electron chi connectivity index (χ1n) is 9.23. The average molecular weight is 302 g/mol. The fourth-order valence-corrected chi connectivity index (χ4v) is 7.45. The molecule has 1 spiro atoms. The van der Waals surface area contributed by atoms with Crippen molar-refractivity contribution in [1.29, 1.82) is 0 Å². The molecule has 4 rings (SSSR count). The minimum absolute atomic E-state index is 0.127. The van der Waals surface area contributed by atoms with E-state index in [9.17, 15) is 9.90 Å². The molecular formula is C20H30O2. The second kappa shape index (κ2) is 4.39. The highest BCUT2D eigenvalue weighted by Gasteiger charge is 2.65. The van der Waals surface area contributed by atoms with Gasteiger partial charge in [0.2, 0.25) is 0 Å². The molecule has 0 aliphatic heterocycles. The minimum atomic E-state index is -0.566. The zero-order valence-corrected chi connectivity index (χ0v) is 14.3. The van der Waals surface area contributed by atoms with E-state index in [1.807, 2.05) is 0 Å². The van der Waals surface area contributed by atoms with Crippen LogP contribution in [0.1, 0.15) is 65.7 Å². The van der Waals surface area contributed by atoms with E-state index in [1.165, 1.54) is 32.1 Å². The zero-order valence-electron chi connectivity index (χ0n) is 14.3. The van der Waals surface area contributed by atoms with Crippen LogP contribution in [0.15, 0.2) is 12.2 Å². The number of carboxylic acid groups (broad SMARTS) is 1. The molecule has 2 heteroatoms. The smallest absolute Gasteiger partial charge is 0.307 e. The monoisotopic (exact) mass is 302 g/mol. The predicted octanol–water partition coefficient (Wildman–Crippen LogP) is 4.90. The number of carbonyl (C=O) groups is 1. The Morgan fingerprint density at radius 3 is 2.45 bits per heavy atom. The van der Waals surface area contributed by atoms with E-state index in [4.69, 9.17) is 0 Å². The number of carboxylic acids is 1. The van der Waals surface area contributed by atoms with Gasteiger partial charge in [-0.1, -0.05) is 39.3 Å². The summed E-state index contributed by atoms with van der Waals surface area (Å²) in [6, 6.07) is 0. The van der Waals surface area contributed by atoms with Crippen LogP contribution < -0.4 is 0 Å². The molecule has 3 fully saturated rings. The molecule has 0 heterocycles. The van der Waals surface area contributed by atoms with Gasteiger partial charge in [0.1, 0.15) is 0 Å². The summed E-state index contributed by atoms with van der Waals surface area (Å²) in [6.07, 6.45) is 13.3. The van der Waals surface area contributed by atoms with Gasteiger partial charge in [0, 0.05) is 0 Å². The van der Waals surface area contributed by atoms with Crippen molar-refractivity contribution in [2.75, 3.05) is 0 Å². The number of hydrogen-bond donors (Lipinski definition) is 1. The Morgan fingerprint density at radius 1 is 1.05 bits per heavy atom. The minimum Gasteiger partial charge on any atom is -0.481 e. The molecule has 0 aromatic rings. The highest BCUT2D eigenvalue weighted by molar-refractivity contribution is 5.71. The maximum atomic E-state index is 11.6. The third kappa shape index (κ3) is 1.65. The molecule has 0 amide bonds. The van der Waals surface area contributed by atoms with Crippen molar-refractivity contribution in [3.8, 4) is 0 Å². The van der Waals surface area contributed by atoms with Gasteiger partial charge >= 0.3 is 5.97 Å². The van der Waals surface area contributed by atoms with E-state index in [-0.39, 0.29) is 11.3 Å². The van der Waals surface area contributed by atoms with Gasteiger partial charge in [0.15, 0.2) is 0 Å². The molecule has 4 aliphatic carbocycles. The lowest BCUT2D eigenvalue weighted by Gasteiger charge is -2.68. The van der Waals surface area contributed by atoms with Crippen molar-refractivity contribution in [3.63, 3.8) is 0 Å². The fraction of sp³-hybridized carbons (Fsp3) is 0.850. The van der Waals surface area contributed by atoms with E-state index in [1.54, 1.807) is 0 Å². The van der Waals surface area contributed by atoms with E-state index < -0.39 is 5.97 Å². The summed E-state index contributed by atoms with van der Waals surface area (Å²) >= 11 is 0. The summed E-state index contributed by atoms with van der Waals surface area (Å²) in [4.78, 5) is 11.6. The van der Waals surface area contributed by atoms with E-state index in [0.717, 1.165) is 18.8 Å². The number of aliphatic carboxylic acids is 1. The van der Waals surface area contributed by atoms with E-state index >= 15 is 0 Å². The molecule has 122 valence electrons. The summed E-state index contributed by atoms with van der Waals surface area (Å²) < 4.78 is 0. The van der Waals surface area contributed by atoms with Crippen LogP contribution >= 0.6 is 0 Å². The molecule has 0 bridgehead atoms. The zero-order chi connectivity index (χ0) is 15.8. The van der Waals surface area contributed by atoms with Gasteiger partial charge in [0.25, 0.3) is 0 Å². The van der Waals surface area contributed by atoms with Gasteiger partial charge in [-0.3, -0.25) is 4.79 Å². The first-order chi connectivity index (χ1) is 10.3. The SMILES string of the molecule is CC1(C)CCC[C@]2(C)[C@H]3CC[C@@H](C(=O)O)[C@H]4C=C[C@]43CC[C@@H]12. The lowest BCUT2D eigenvalue weighted by molar-refractivity contribution is -0.175. The standard InChI is InChI=1S/C20H30O2/c1-18(2)9-4-10-19(3)15(18)8-12-20-11-7-14(20)13(17(21)22)5-6-16(19)20/h7,11,13-16H,4-6,8-10,12H2,1-3H3,(H,21,22)/t13-,14-,15+,16-,19+,20+/m1/s1. The third-order valence-electron chi connectivity index (χ3n) is 8.34. The molecular weight excluding hydrogens is 272 g/mol. The summed E-state index contributed by atoms with van der Waals surface area (Å²) in [5.41, 5.74) is 1.10. The Bertz CT molecular complexity index is 534. The van der Waals surface area contributed by atoms with Gasteiger partial charge < -0.3 is 5.11 Å². The van der Waals surface area contributed by atoms with Crippen molar-refractivity contribution in [2.24, 2.45) is 39.9 Å². The maximum Gasteiger partial charge on any atom is 0.307 e.